The van der Waals surface area contributed by atoms with Crippen LogP contribution in [0, 0.1) is 5.92 Å². The lowest BCUT2D eigenvalue weighted by Crippen LogP contribution is -2.33. The number of hydrogen-bond donors (Lipinski definition) is 1. The van der Waals surface area contributed by atoms with Gasteiger partial charge in [-0.2, -0.15) is 0 Å². The first-order valence-corrected chi connectivity index (χ1v) is 6.34. The Morgan fingerprint density at radius 1 is 1.53 bits per heavy atom. The first-order chi connectivity index (χ1) is 8.11. The maximum Gasteiger partial charge on any atom is 0.255 e. The molecule has 2 N–H and O–H groups in total. The number of nitrogen functional groups attached to an aromatic ring is 1. The van der Waals surface area contributed by atoms with Gasteiger partial charge >= 0.3 is 0 Å². The fraction of sp³-hybridized carbons (Fsp3) is 0.462. The van der Waals surface area contributed by atoms with Crippen molar-refractivity contribution in [2.24, 2.45) is 5.92 Å². The highest BCUT2D eigenvalue weighted by molar-refractivity contribution is 6.31. The van der Waals surface area contributed by atoms with E-state index in [0.29, 0.717) is 22.2 Å². The van der Waals surface area contributed by atoms with Gasteiger partial charge in [0.2, 0.25) is 0 Å². The molecule has 1 aromatic carbocycles. The number of rotatable bonds is 4. The fourth-order valence-electron chi connectivity index (χ4n) is 1.87. The van der Waals surface area contributed by atoms with Crippen LogP contribution in [-0.2, 0) is 0 Å². The Kier molecular flexibility index (Phi) is 3.57. The van der Waals surface area contributed by atoms with Crippen LogP contribution in [0.2, 0.25) is 5.02 Å². The second-order valence-corrected chi connectivity index (χ2v) is 4.96. The number of carbonyl (C=O) groups excluding carboxylic acids is 1. The number of benzene rings is 1. The predicted molar refractivity (Wildman–Crippen MR) is 70.2 cm³/mol. The largest absolute Gasteiger partial charge is 0.398 e. The average Bonchev–Trinajstić information content (AvgIpc) is 3.09. The van der Waals surface area contributed by atoms with Crippen molar-refractivity contribution in [1.29, 1.82) is 0 Å². The molecule has 0 aromatic heterocycles. The SMILES string of the molecule is CCN(CC1CC1)C(=O)c1ccc(Cl)cc1N. The molecule has 4 heteroatoms. The van der Waals surface area contributed by atoms with Crippen LogP contribution in [0.1, 0.15) is 30.1 Å². The van der Waals surface area contributed by atoms with Gasteiger partial charge in [0.25, 0.3) is 5.91 Å². The van der Waals surface area contributed by atoms with Crippen molar-refractivity contribution in [1.82, 2.24) is 4.90 Å². The maximum atomic E-state index is 12.3. The van der Waals surface area contributed by atoms with E-state index >= 15 is 0 Å². The minimum Gasteiger partial charge on any atom is -0.398 e. The molecule has 0 saturated heterocycles. The Hall–Kier alpha value is -1.22. The molecular weight excluding hydrogens is 236 g/mol. The highest BCUT2D eigenvalue weighted by Crippen LogP contribution is 2.30. The molecule has 0 aliphatic heterocycles. The van der Waals surface area contributed by atoms with Crippen LogP contribution in [0.25, 0.3) is 0 Å². The summed E-state index contributed by atoms with van der Waals surface area (Å²) >= 11 is 5.82. The van der Waals surface area contributed by atoms with E-state index in [2.05, 4.69) is 0 Å². The second kappa shape index (κ2) is 4.96. The van der Waals surface area contributed by atoms with Crippen molar-refractivity contribution in [3.05, 3.63) is 28.8 Å². The van der Waals surface area contributed by atoms with Gasteiger partial charge < -0.3 is 10.6 Å². The number of anilines is 1. The van der Waals surface area contributed by atoms with Gasteiger partial charge in [-0.1, -0.05) is 11.6 Å². The molecule has 0 radical (unpaired) electrons. The molecule has 0 unspecified atom stereocenters. The highest BCUT2D eigenvalue weighted by atomic mass is 35.5. The second-order valence-electron chi connectivity index (χ2n) is 4.52. The third-order valence-electron chi connectivity index (χ3n) is 3.09. The summed E-state index contributed by atoms with van der Waals surface area (Å²) in [6.07, 6.45) is 2.47. The molecule has 1 saturated carbocycles. The number of carbonyl (C=O) groups is 1. The molecule has 1 aliphatic carbocycles. The van der Waals surface area contributed by atoms with Crippen molar-refractivity contribution in [3.8, 4) is 0 Å². The van der Waals surface area contributed by atoms with E-state index in [1.54, 1.807) is 18.2 Å². The molecule has 1 amide bonds. The van der Waals surface area contributed by atoms with Gasteiger partial charge in [0.1, 0.15) is 0 Å². The summed E-state index contributed by atoms with van der Waals surface area (Å²) in [6.45, 7) is 3.56. The number of amides is 1. The predicted octanol–water partition coefficient (Wildman–Crippen LogP) is 2.79. The normalized spacial score (nSPS) is 14.7. The lowest BCUT2D eigenvalue weighted by Gasteiger charge is -2.21. The molecule has 2 rings (SSSR count). The van der Waals surface area contributed by atoms with Gasteiger partial charge in [0.05, 0.1) is 5.56 Å². The van der Waals surface area contributed by atoms with Gasteiger partial charge in [0, 0.05) is 23.8 Å². The van der Waals surface area contributed by atoms with Crippen molar-refractivity contribution < 1.29 is 4.79 Å². The quantitative estimate of drug-likeness (QED) is 0.838. The highest BCUT2D eigenvalue weighted by Gasteiger charge is 2.27. The first kappa shape index (κ1) is 12.2. The molecular formula is C13H17ClN2O. The lowest BCUT2D eigenvalue weighted by molar-refractivity contribution is 0.0758. The standard InChI is InChI=1S/C13H17ClN2O/c1-2-16(8-9-3-4-9)13(17)11-6-5-10(14)7-12(11)15/h5-7,9H,2-4,8,15H2,1H3. The van der Waals surface area contributed by atoms with Gasteiger partial charge in [-0.25, -0.2) is 0 Å². The van der Waals surface area contributed by atoms with Crippen LogP contribution in [0.15, 0.2) is 18.2 Å². The summed E-state index contributed by atoms with van der Waals surface area (Å²) in [5.74, 6) is 0.695. The van der Waals surface area contributed by atoms with Crippen molar-refractivity contribution >= 4 is 23.2 Å². The average molecular weight is 253 g/mol. The van der Waals surface area contributed by atoms with Crippen LogP contribution in [0.4, 0.5) is 5.69 Å². The zero-order chi connectivity index (χ0) is 12.4. The Balaban J connectivity index is 2.15. The third kappa shape index (κ3) is 2.91. The minimum absolute atomic E-state index is 0.00793. The summed E-state index contributed by atoms with van der Waals surface area (Å²) in [4.78, 5) is 14.1. The van der Waals surface area contributed by atoms with Crippen LogP contribution in [0.5, 0.6) is 0 Å². The van der Waals surface area contributed by atoms with Gasteiger partial charge in [0.15, 0.2) is 0 Å². The van der Waals surface area contributed by atoms with E-state index < -0.39 is 0 Å². The zero-order valence-electron chi connectivity index (χ0n) is 9.95. The molecule has 17 heavy (non-hydrogen) atoms. The summed E-state index contributed by atoms with van der Waals surface area (Å²) in [6, 6.07) is 5.03. The Morgan fingerprint density at radius 3 is 2.76 bits per heavy atom. The molecule has 1 aromatic rings. The molecule has 0 heterocycles. The van der Waals surface area contributed by atoms with Gasteiger partial charge in [-0.15, -0.1) is 0 Å². The summed E-state index contributed by atoms with van der Waals surface area (Å²) in [7, 11) is 0. The monoisotopic (exact) mass is 252 g/mol. The van der Waals surface area contributed by atoms with Crippen molar-refractivity contribution in [2.75, 3.05) is 18.8 Å². The summed E-state index contributed by atoms with van der Waals surface area (Å²) in [5, 5.41) is 0.560. The number of nitrogens with two attached hydrogens (primary N) is 1. The maximum absolute atomic E-state index is 12.3. The number of nitrogens with zero attached hydrogens (tertiary/aromatic N) is 1. The molecule has 0 atom stereocenters. The Bertz CT molecular complexity index is 429. The first-order valence-electron chi connectivity index (χ1n) is 5.96. The molecule has 0 spiro atoms. The number of halogens is 1. The molecule has 92 valence electrons. The Morgan fingerprint density at radius 2 is 2.24 bits per heavy atom. The summed E-state index contributed by atoms with van der Waals surface area (Å²) < 4.78 is 0. The van der Waals surface area contributed by atoms with E-state index in [1.165, 1.54) is 12.8 Å². The van der Waals surface area contributed by atoms with Crippen LogP contribution >= 0.6 is 11.6 Å². The van der Waals surface area contributed by atoms with Gasteiger partial charge in [-0.05, 0) is 43.9 Å². The molecule has 1 fully saturated rings. The van der Waals surface area contributed by atoms with Crippen LogP contribution < -0.4 is 5.73 Å². The zero-order valence-corrected chi connectivity index (χ0v) is 10.7. The van der Waals surface area contributed by atoms with E-state index in [4.69, 9.17) is 17.3 Å². The third-order valence-corrected chi connectivity index (χ3v) is 3.32. The molecule has 1 aliphatic rings. The molecule has 3 nitrogen and oxygen atoms in total. The summed E-state index contributed by atoms with van der Waals surface area (Å²) in [5.41, 5.74) is 6.84. The smallest absolute Gasteiger partial charge is 0.255 e. The minimum atomic E-state index is 0.00793. The Labute approximate surface area is 107 Å². The van der Waals surface area contributed by atoms with E-state index in [-0.39, 0.29) is 5.91 Å². The van der Waals surface area contributed by atoms with Crippen LogP contribution in [0.3, 0.4) is 0 Å². The van der Waals surface area contributed by atoms with E-state index in [1.807, 2.05) is 11.8 Å². The number of hydrogen-bond acceptors (Lipinski definition) is 2. The van der Waals surface area contributed by atoms with Crippen molar-refractivity contribution in [2.45, 2.75) is 19.8 Å². The lowest BCUT2D eigenvalue weighted by atomic mass is 10.1. The fourth-order valence-corrected chi connectivity index (χ4v) is 2.05. The van der Waals surface area contributed by atoms with Gasteiger partial charge in [-0.3, -0.25) is 4.79 Å². The van der Waals surface area contributed by atoms with Crippen molar-refractivity contribution in [3.63, 3.8) is 0 Å². The van der Waals surface area contributed by atoms with E-state index in [0.717, 1.165) is 13.1 Å². The molecule has 0 bridgehead atoms. The topological polar surface area (TPSA) is 46.3 Å². The van der Waals surface area contributed by atoms with E-state index in [9.17, 15) is 4.79 Å². The van der Waals surface area contributed by atoms with Crippen LogP contribution in [-0.4, -0.2) is 23.9 Å².